The van der Waals surface area contributed by atoms with Crippen molar-refractivity contribution in [3.63, 3.8) is 0 Å². The number of aromatic nitrogens is 1. The average molecular weight is 242 g/mol. The van der Waals surface area contributed by atoms with Crippen LogP contribution in [0.4, 0.5) is 0 Å². The second-order valence-electron chi connectivity index (χ2n) is 4.06. The monoisotopic (exact) mass is 242 g/mol. The Morgan fingerprint density at radius 1 is 1.22 bits per heavy atom. The number of aromatic hydroxyl groups is 2. The Labute approximate surface area is 102 Å². The number of fused-ring (bicyclic) bond motifs is 3. The summed E-state index contributed by atoms with van der Waals surface area (Å²) in [6.07, 6.45) is 1.43. The molecule has 0 aliphatic rings. The van der Waals surface area contributed by atoms with Gasteiger partial charge < -0.3 is 20.3 Å². The molecule has 4 N–H and O–H groups in total. The van der Waals surface area contributed by atoms with Crippen LogP contribution in [0.5, 0.6) is 11.5 Å². The quantitative estimate of drug-likeness (QED) is 0.605. The molecule has 0 saturated heterocycles. The zero-order chi connectivity index (χ0) is 12.9. The van der Waals surface area contributed by atoms with Crippen LogP contribution in [-0.4, -0.2) is 20.5 Å². The molecule has 1 amide bonds. The second-order valence-corrected chi connectivity index (χ2v) is 4.06. The fraction of sp³-hybridized carbons (Fsp3) is 0. The zero-order valence-corrected chi connectivity index (χ0v) is 9.29. The van der Waals surface area contributed by atoms with E-state index in [1.54, 1.807) is 28.7 Å². The number of carbonyl (C=O) groups is 1. The topological polar surface area (TPSA) is 88.0 Å². The van der Waals surface area contributed by atoms with Gasteiger partial charge in [-0.3, -0.25) is 4.79 Å². The Balaban J connectivity index is 2.67. The van der Waals surface area contributed by atoms with Crippen LogP contribution in [0.15, 0.2) is 36.5 Å². The van der Waals surface area contributed by atoms with E-state index in [9.17, 15) is 15.0 Å². The lowest BCUT2D eigenvalue weighted by atomic mass is 10.1. The van der Waals surface area contributed by atoms with Crippen LogP contribution < -0.4 is 5.73 Å². The van der Waals surface area contributed by atoms with Crippen molar-refractivity contribution in [2.24, 2.45) is 5.73 Å². The molecule has 0 fully saturated rings. The van der Waals surface area contributed by atoms with Crippen molar-refractivity contribution in [2.75, 3.05) is 0 Å². The van der Waals surface area contributed by atoms with Crippen LogP contribution in [0.2, 0.25) is 0 Å². The van der Waals surface area contributed by atoms with E-state index in [1.165, 1.54) is 12.3 Å². The van der Waals surface area contributed by atoms with Crippen molar-refractivity contribution in [2.45, 2.75) is 0 Å². The van der Waals surface area contributed by atoms with Crippen molar-refractivity contribution in [1.29, 1.82) is 0 Å². The maximum absolute atomic E-state index is 11.6. The van der Waals surface area contributed by atoms with E-state index < -0.39 is 5.91 Å². The lowest BCUT2D eigenvalue weighted by Gasteiger charge is -2.02. The van der Waals surface area contributed by atoms with Gasteiger partial charge in [0, 0.05) is 11.5 Å². The molecule has 0 spiro atoms. The molecule has 1 aromatic carbocycles. The highest BCUT2D eigenvalue weighted by molar-refractivity contribution is 6.14. The molecule has 0 atom stereocenters. The Morgan fingerprint density at radius 2 is 1.94 bits per heavy atom. The molecule has 0 saturated carbocycles. The minimum atomic E-state index is -0.616. The van der Waals surface area contributed by atoms with E-state index in [-0.39, 0.29) is 17.1 Å². The van der Waals surface area contributed by atoms with E-state index in [1.807, 2.05) is 0 Å². The predicted octanol–water partition coefficient (Wildman–Crippen LogP) is 1.60. The number of carbonyl (C=O) groups excluding carboxylic acids is 1. The van der Waals surface area contributed by atoms with Crippen LogP contribution in [0.3, 0.4) is 0 Å². The van der Waals surface area contributed by atoms with Crippen molar-refractivity contribution >= 4 is 22.3 Å². The normalized spacial score (nSPS) is 11.1. The van der Waals surface area contributed by atoms with Crippen LogP contribution >= 0.6 is 0 Å². The predicted molar refractivity (Wildman–Crippen MR) is 66.8 cm³/mol. The Bertz CT molecular complexity index is 790. The number of benzene rings is 1. The summed E-state index contributed by atoms with van der Waals surface area (Å²) in [4.78, 5) is 11.6. The molecule has 5 heteroatoms. The lowest BCUT2D eigenvalue weighted by molar-refractivity contribution is 0.100. The van der Waals surface area contributed by atoms with Gasteiger partial charge in [-0.25, -0.2) is 0 Å². The van der Waals surface area contributed by atoms with Crippen LogP contribution in [0.1, 0.15) is 10.4 Å². The van der Waals surface area contributed by atoms with Gasteiger partial charge >= 0.3 is 0 Å². The van der Waals surface area contributed by atoms with Gasteiger partial charge in [-0.2, -0.15) is 0 Å². The average Bonchev–Trinajstić information content (AvgIpc) is 2.64. The summed E-state index contributed by atoms with van der Waals surface area (Å²) >= 11 is 0. The maximum Gasteiger partial charge on any atom is 0.251 e. The molecular weight excluding hydrogens is 232 g/mol. The third kappa shape index (κ3) is 1.24. The molecule has 0 aliphatic carbocycles. The molecule has 5 nitrogen and oxygen atoms in total. The van der Waals surface area contributed by atoms with Crippen molar-refractivity contribution in [1.82, 2.24) is 4.40 Å². The van der Waals surface area contributed by atoms with Gasteiger partial charge in [-0.05, 0) is 6.07 Å². The van der Waals surface area contributed by atoms with Gasteiger partial charge in [0.2, 0.25) is 0 Å². The molecule has 2 heterocycles. The summed E-state index contributed by atoms with van der Waals surface area (Å²) in [6, 6.07) is 8.30. The molecule has 3 aromatic rings. The summed E-state index contributed by atoms with van der Waals surface area (Å²) in [5.74, 6) is -0.883. The summed E-state index contributed by atoms with van der Waals surface area (Å²) in [5.41, 5.74) is 6.63. The Kier molecular flexibility index (Phi) is 1.98. The van der Waals surface area contributed by atoms with E-state index in [2.05, 4.69) is 0 Å². The van der Waals surface area contributed by atoms with Gasteiger partial charge in [-0.1, -0.05) is 18.2 Å². The Hall–Kier alpha value is -2.69. The van der Waals surface area contributed by atoms with Crippen molar-refractivity contribution in [3.8, 4) is 11.5 Å². The third-order valence-corrected chi connectivity index (χ3v) is 2.95. The first-order valence-corrected chi connectivity index (χ1v) is 5.34. The molecule has 90 valence electrons. The largest absolute Gasteiger partial charge is 0.506 e. The number of nitrogens with two attached hydrogens (primary N) is 1. The smallest absolute Gasteiger partial charge is 0.251 e. The molecule has 0 unspecified atom stereocenters. The van der Waals surface area contributed by atoms with Crippen LogP contribution in [0.25, 0.3) is 16.4 Å². The van der Waals surface area contributed by atoms with Gasteiger partial charge in [0.05, 0.1) is 17.3 Å². The first kappa shape index (κ1) is 10.5. The second kappa shape index (κ2) is 3.40. The SMILES string of the molecule is NC(=O)c1c2ccccc2n2cc(O)cc(O)c12. The van der Waals surface area contributed by atoms with E-state index in [0.29, 0.717) is 16.4 Å². The van der Waals surface area contributed by atoms with E-state index >= 15 is 0 Å². The highest BCUT2D eigenvalue weighted by Gasteiger charge is 2.19. The standard InChI is InChI=1S/C13H10N2O3/c14-13(18)11-8-3-1-2-4-9(8)15-6-7(16)5-10(17)12(11)15/h1-6,16-17H,(H2,14,18). The molecule has 0 bridgehead atoms. The van der Waals surface area contributed by atoms with Gasteiger partial charge in [0.1, 0.15) is 17.0 Å². The summed E-state index contributed by atoms with van der Waals surface area (Å²) < 4.78 is 1.56. The minimum Gasteiger partial charge on any atom is -0.506 e. The maximum atomic E-state index is 11.6. The fourth-order valence-corrected chi connectivity index (χ4v) is 2.28. The van der Waals surface area contributed by atoms with E-state index in [4.69, 9.17) is 5.73 Å². The first-order valence-electron chi connectivity index (χ1n) is 5.34. The fourth-order valence-electron chi connectivity index (χ4n) is 2.28. The summed E-state index contributed by atoms with van der Waals surface area (Å²) in [5, 5.41) is 20.1. The highest BCUT2D eigenvalue weighted by Crippen LogP contribution is 2.34. The molecule has 18 heavy (non-hydrogen) atoms. The number of amides is 1. The highest BCUT2D eigenvalue weighted by atomic mass is 16.3. The molecule has 0 aliphatic heterocycles. The summed E-state index contributed by atoms with van der Waals surface area (Å²) in [7, 11) is 0. The Morgan fingerprint density at radius 3 is 2.67 bits per heavy atom. The van der Waals surface area contributed by atoms with Crippen molar-refractivity contribution < 1.29 is 15.0 Å². The number of primary amides is 1. The third-order valence-electron chi connectivity index (χ3n) is 2.95. The van der Waals surface area contributed by atoms with Crippen LogP contribution in [-0.2, 0) is 0 Å². The number of para-hydroxylation sites is 1. The van der Waals surface area contributed by atoms with Gasteiger partial charge in [-0.15, -0.1) is 0 Å². The van der Waals surface area contributed by atoms with Crippen molar-refractivity contribution in [3.05, 3.63) is 42.1 Å². The number of pyridine rings is 1. The summed E-state index contributed by atoms with van der Waals surface area (Å²) in [6.45, 7) is 0. The zero-order valence-electron chi connectivity index (χ0n) is 9.29. The number of hydrogen-bond acceptors (Lipinski definition) is 3. The van der Waals surface area contributed by atoms with Gasteiger partial charge in [0.15, 0.2) is 0 Å². The van der Waals surface area contributed by atoms with Gasteiger partial charge in [0.25, 0.3) is 5.91 Å². The lowest BCUT2D eigenvalue weighted by Crippen LogP contribution is -2.10. The molecular formula is C13H10N2O3. The minimum absolute atomic E-state index is 0.0863. The molecule has 0 radical (unpaired) electrons. The number of nitrogens with zero attached hydrogens (tertiary/aromatic N) is 1. The molecule has 3 rings (SSSR count). The van der Waals surface area contributed by atoms with Crippen LogP contribution in [0, 0.1) is 0 Å². The first-order chi connectivity index (χ1) is 8.59. The number of hydrogen-bond donors (Lipinski definition) is 3. The molecule has 2 aromatic heterocycles. The van der Waals surface area contributed by atoms with E-state index in [0.717, 1.165) is 0 Å². The number of rotatable bonds is 1.